The number of fused-ring (bicyclic) bond motifs is 1. The second-order valence-electron chi connectivity index (χ2n) is 3.98. The first-order valence-corrected chi connectivity index (χ1v) is 5.34. The predicted molar refractivity (Wildman–Crippen MR) is 59.7 cm³/mol. The SMILES string of the molecule is Fc1ccc2c(c1)CCN2Cc1ncc[nH]1. The first kappa shape index (κ1) is 9.39. The maximum atomic E-state index is 13.0. The lowest BCUT2D eigenvalue weighted by atomic mass is 10.2. The topological polar surface area (TPSA) is 31.9 Å². The predicted octanol–water partition coefficient (Wildman–Crippen LogP) is 2.11. The van der Waals surface area contributed by atoms with E-state index in [4.69, 9.17) is 0 Å². The smallest absolute Gasteiger partial charge is 0.125 e. The average Bonchev–Trinajstić information content (AvgIpc) is 2.89. The molecule has 1 aromatic carbocycles. The fourth-order valence-electron chi connectivity index (χ4n) is 2.17. The highest BCUT2D eigenvalue weighted by Gasteiger charge is 2.19. The van der Waals surface area contributed by atoms with Crippen molar-refractivity contribution >= 4 is 5.69 Å². The van der Waals surface area contributed by atoms with E-state index in [-0.39, 0.29) is 5.82 Å². The summed E-state index contributed by atoms with van der Waals surface area (Å²) in [6.07, 6.45) is 4.47. The van der Waals surface area contributed by atoms with Gasteiger partial charge in [0.15, 0.2) is 0 Å². The van der Waals surface area contributed by atoms with Crippen LogP contribution in [0.25, 0.3) is 0 Å². The van der Waals surface area contributed by atoms with Crippen molar-refractivity contribution in [2.75, 3.05) is 11.4 Å². The van der Waals surface area contributed by atoms with Gasteiger partial charge in [0.2, 0.25) is 0 Å². The number of halogens is 1. The van der Waals surface area contributed by atoms with Gasteiger partial charge in [0.05, 0.1) is 6.54 Å². The van der Waals surface area contributed by atoms with E-state index in [0.29, 0.717) is 0 Å². The zero-order valence-corrected chi connectivity index (χ0v) is 8.78. The summed E-state index contributed by atoms with van der Waals surface area (Å²) in [5.41, 5.74) is 2.21. The van der Waals surface area contributed by atoms with Crippen molar-refractivity contribution in [3.05, 3.63) is 47.8 Å². The van der Waals surface area contributed by atoms with E-state index in [1.54, 1.807) is 12.3 Å². The molecule has 1 N–H and O–H groups in total. The first-order chi connectivity index (χ1) is 7.83. The van der Waals surface area contributed by atoms with Gasteiger partial charge in [-0.1, -0.05) is 0 Å². The molecule has 0 radical (unpaired) electrons. The number of anilines is 1. The Kier molecular flexibility index (Phi) is 2.13. The lowest BCUT2D eigenvalue weighted by molar-refractivity contribution is 0.626. The third-order valence-corrected chi connectivity index (χ3v) is 2.93. The molecule has 0 aliphatic carbocycles. The zero-order valence-electron chi connectivity index (χ0n) is 8.78. The number of rotatable bonds is 2. The van der Waals surface area contributed by atoms with Gasteiger partial charge in [0.1, 0.15) is 11.6 Å². The molecule has 4 heteroatoms. The van der Waals surface area contributed by atoms with E-state index >= 15 is 0 Å². The summed E-state index contributed by atoms with van der Waals surface area (Å²) in [4.78, 5) is 9.49. The van der Waals surface area contributed by atoms with Crippen molar-refractivity contribution < 1.29 is 4.39 Å². The summed E-state index contributed by atoms with van der Waals surface area (Å²) >= 11 is 0. The Bertz CT molecular complexity index is 493. The second kappa shape index (κ2) is 3.63. The number of H-pyrrole nitrogens is 1. The van der Waals surface area contributed by atoms with Gasteiger partial charge in [-0.05, 0) is 30.2 Å². The normalized spacial score (nSPS) is 14.2. The standard InChI is InChI=1S/C12H12FN3/c13-10-1-2-11-9(7-10)3-6-16(11)8-12-14-4-5-15-12/h1-2,4-5,7H,3,6,8H2,(H,14,15). The van der Waals surface area contributed by atoms with Gasteiger partial charge in [-0.15, -0.1) is 0 Å². The highest BCUT2D eigenvalue weighted by atomic mass is 19.1. The minimum atomic E-state index is -0.154. The number of benzene rings is 1. The van der Waals surface area contributed by atoms with Gasteiger partial charge in [-0.2, -0.15) is 0 Å². The summed E-state index contributed by atoms with van der Waals surface area (Å²) in [6, 6.07) is 4.98. The van der Waals surface area contributed by atoms with E-state index in [0.717, 1.165) is 36.6 Å². The molecular formula is C12H12FN3. The van der Waals surface area contributed by atoms with Gasteiger partial charge in [0, 0.05) is 24.6 Å². The number of nitrogens with zero attached hydrogens (tertiary/aromatic N) is 2. The Hall–Kier alpha value is -1.84. The molecule has 0 amide bonds. The molecule has 0 spiro atoms. The molecule has 0 atom stereocenters. The Morgan fingerprint density at radius 3 is 3.19 bits per heavy atom. The third kappa shape index (κ3) is 1.56. The van der Waals surface area contributed by atoms with Crippen LogP contribution in [0.5, 0.6) is 0 Å². The third-order valence-electron chi connectivity index (χ3n) is 2.93. The number of nitrogens with one attached hydrogen (secondary N) is 1. The molecule has 1 aliphatic heterocycles. The second-order valence-corrected chi connectivity index (χ2v) is 3.98. The molecular weight excluding hydrogens is 205 g/mol. The zero-order chi connectivity index (χ0) is 11.0. The Morgan fingerprint density at radius 2 is 2.38 bits per heavy atom. The Labute approximate surface area is 92.9 Å². The van der Waals surface area contributed by atoms with E-state index < -0.39 is 0 Å². The molecule has 2 aromatic rings. The minimum Gasteiger partial charge on any atom is -0.364 e. The minimum absolute atomic E-state index is 0.154. The van der Waals surface area contributed by atoms with Crippen molar-refractivity contribution in [2.24, 2.45) is 0 Å². The Balaban J connectivity index is 1.86. The molecule has 0 saturated heterocycles. The molecule has 3 rings (SSSR count). The number of imidazole rings is 1. The van der Waals surface area contributed by atoms with E-state index in [1.165, 1.54) is 6.07 Å². The summed E-state index contributed by atoms with van der Waals surface area (Å²) in [5, 5.41) is 0. The lowest BCUT2D eigenvalue weighted by Gasteiger charge is -2.17. The fraction of sp³-hybridized carbons (Fsp3) is 0.250. The van der Waals surface area contributed by atoms with Crippen molar-refractivity contribution in [2.45, 2.75) is 13.0 Å². The van der Waals surface area contributed by atoms with Gasteiger partial charge in [0.25, 0.3) is 0 Å². The van der Waals surface area contributed by atoms with Crippen LogP contribution in [0, 0.1) is 5.82 Å². The van der Waals surface area contributed by atoms with Crippen LogP contribution in [0.3, 0.4) is 0 Å². The van der Waals surface area contributed by atoms with Crippen molar-refractivity contribution in [3.63, 3.8) is 0 Å². The van der Waals surface area contributed by atoms with Gasteiger partial charge in [-0.3, -0.25) is 0 Å². The average molecular weight is 217 g/mol. The van der Waals surface area contributed by atoms with E-state index in [2.05, 4.69) is 14.9 Å². The highest BCUT2D eigenvalue weighted by Crippen LogP contribution is 2.29. The van der Waals surface area contributed by atoms with Crippen molar-refractivity contribution in [1.82, 2.24) is 9.97 Å². The highest BCUT2D eigenvalue weighted by molar-refractivity contribution is 5.57. The number of aromatic amines is 1. The summed E-state index contributed by atoms with van der Waals surface area (Å²) in [7, 11) is 0. The monoisotopic (exact) mass is 217 g/mol. The number of aromatic nitrogens is 2. The van der Waals surface area contributed by atoms with Crippen LogP contribution in [-0.2, 0) is 13.0 Å². The molecule has 82 valence electrons. The number of hydrogen-bond donors (Lipinski definition) is 1. The summed E-state index contributed by atoms with van der Waals surface area (Å²) < 4.78 is 13.0. The van der Waals surface area contributed by atoms with Crippen LogP contribution in [-0.4, -0.2) is 16.5 Å². The number of hydrogen-bond acceptors (Lipinski definition) is 2. The summed E-state index contributed by atoms with van der Waals surface area (Å²) in [5.74, 6) is 0.788. The van der Waals surface area contributed by atoms with Crippen LogP contribution in [0.15, 0.2) is 30.6 Å². The van der Waals surface area contributed by atoms with Gasteiger partial charge >= 0.3 is 0 Å². The van der Waals surface area contributed by atoms with E-state index in [9.17, 15) is 4.39 Å². The largest absolute Gasteiger partial charge is 0.364 e. The van der Waals surface area contributed by atoms with Crippen LogP contribution in [0.1, 0.15) is 11.4 Å². The Morgan fingerprint density at radius 1 is 1.44 bits per heavy atom. The van der Waals surface area contributed by atoms with Gasteiger partial charge < -0.3 is 9.88 Å². The molecule has 3 nitrogen and oxygen atoms in total. The van der Waals surface area contributed by atoms with Crippen LogP contribution < -0.4 is 4.90 Å². The molecule has 1 aromatic heterocycles. The quantitative estimate of drug-likeness (QED) is 0.835. The van der Waals surface area contributed by atoms with Gasteiger partial charge in [-0.25, -0.2) is 9.37 Å². The molecule has 0 bridgehead atoms. The van der Waals surface area contributed by atoms with Crippen molar-refractivity contribution in [1.29, 1.82) is 0 Å². The molecule has 2 heterocycles. The summed E-state index contributed by atoms with van der Waals surface area (Å²) in [6.45, 7) is 1.69. The van der Waals surface area contributed by atoms with Crippen LogP contribution in [0.4, 0.5) is 10.1 Å². The molecule has 0 fully saturated rings. The molecule has 0 unspecified atom stereocenters. The van der Waals surface area contributed by atoms with E-state index in [1.807, 2.05) is 12.3 Å². The van der Waals surface area contributed by atoms with Crippen LogP contribution in [0.2, 0.25) is 0 Å². The maximum Gasteiger partial charge on any atom is 0.125 e. The molecule has 1 aliphatic rings. The maximum absolute atomic E-state index is 13.0. The lowest BCUT2D eigenvalue weighted by Crippen LogP contribution is -2.20. The fourth-order valence-corrected chi connectivity index (χ4v) is 2.17. The van der Waals surface area contributed by atoms with Crippen molar-refractivity contribution in [3.8, 4) is 0 Å². The van der Waals surface area contributed by atoms with Crippen LogP contribution >= 0.6 is 0 Å². The molecule has 16 heavy (non-hydrogen) atoms. The molecule has 0 saturated carbocycles. The first-order valence-electron chi connectivity index (χ1n) is 5.34.